The van der Waals surface area contributed by atoms with Crippen LogP contribution in [0.1, 0.15) is 17.7 Å². The summed E-state index contributed by atoms with van der Waals surface area (Å²) >= 11 is 0. The third kappa shape index (κ3) is 1.37. The quantitative estimate of drug-likeness (QED) is 0.694. The first-order valence-corrected chi connectivity index (χ1v) is 5.58. The Hall–Kier alpha value is -1.28. The molecule has 1 atom stereocenters. The maximum absolute atomic E-state index is 6.02. The van der Waals surface area contributed by atoms with Crippen molar-refractivity contribution >= 4 is 10.9 Å². The van der Waals surface area contributed by atoms with E-state index in [4.69, 9.17) is 5.73 Å². The Labute approximate surface area is 89.7 Å². The van der Waals surface area contributed by atoms with Gasteiger partial charge in [-0.3, -0.25) is 0 Å². The summed E-state index contributed by atoms with van der Waals surface area (Å²) in [5.41, 5.74) is 10.1. The van der Waals surface area contributed by atoms with Crippen LogP contribution in [-0.4, -0.2) is 10.6 Å². The van der Waals surface area contributed by atoms with Crippen molar-refractivity contribution in [2.24, 2.45) is 5.73 Å². The zero-order valence-corrected chi connectivity index (χ0v) is 9.03. The summed E-state index contributed by atoms with van der Waals surface area (Å²) < 4.78 is 2.39. The minimum atomic E-state index is 0.327. The minimum absolute atomic E-state index is 0.327. The van der Waals surface area contributed by atoms with Crippen LogP contribution in [0.15, 0.2) is 24.3 Å². The molecule has 0 aliphatic carbocycles. The summed E-state index contributed by atoms with van der Waals surface area (Å²) in [6, 6.07) is 9.28. The second-order valence-electron chi connectivity index (χ2n) is 4.61. The van der Waals surface area contributed by atoms with Gasteiger partial charge in [0, 0.05) is 23.8 Å². The van der Waals surface area contributed by atoms with E-state index >= 15 is 0 Å². The molecular formula is C13H16N2. The highest BCUT2D eigenvalue weighted by atomic mass is 15.0. The van der Waals surface area contributed by atoms with Crippen LogP contribution in [0.25, 0.3) is 10.9 Å². The van der Waals surface area contributed by atoms with E-state index in [1.54, 1.807) is 0 Å². The van der Waals surface area contributed by atoms with Crippen LogP contribution in [0.5, 0.6) is 0 Å². The first kappa shape index (κ1) is 8.98. The first-order chi connectivity index (χ1) is 7.24. The van der Waals surface area contributed by atoms with Crippen molar-refractivity contribution in [1.82, 2.24) is 4.57 Å². The van der Waals surface area contributed by atoms with E-state index in [2.05, 4.69) is 35.8 Å². The lowest BCUT2D eigenvalue weighted by atomic mass is 10.1. The Morgan fingerprint density at radius 2 is 2.20 bits per heavy atom. The number of nitrogens with zero attached hydrogens (tertiary/aromatic N) is 1. The summed E-state index contributed by atoms with van der Waals surface area (Å²) in [6.45, 7) is 3.12. The van der Waals surface area contributed by atoms with Gasteiger partial charge in [0.1, 0.15) is 0 Å². The number of hydrogen-bond donors (Lipinski definition) is 1. The molecule has 0 fully saturated rings. The smallest absolute Gasteiger partial charge is 0.0485 e. The van der Waals surface area contributed by atoms with Gasteiger partial charge in [0.05, 0.1) is 0 Å². The van der Waals surface area contributed by atoms with E-state index in [0.717, 1.165) is 19.4 Å². The van der Waals surface area contributed by atoms with Gasteiger partial charge >= 0.3 is 0 Å². The van der Waals surface area contributed by atoms with E-state index < -0.39 is 0 Å². The third-order valence-electron chi connectivity index (χ3n) is 3.33. The number of hydrogen-bond acceptors (Lipinski definition) is 1. The molecule has 1 aromatic heterocycles. The number of nitrogens with two attached hydrogens (primary N) is 1. The molecule has 1 unspecified atom stereocenters. The molecule has 0 spiro atoms. The predicted octanol–water partition coefficient (Wildman–Crippen LogP) is 2.22. The molecule has 2 N–H and O–H groups in total. The predicted molar refractivity (Wildman–Crippen MR) is 63.0 cm³/mol. The van der Waals surface area contributed by atoms with Crippen LogP contribution in [0.3, 0.4) is 0 Å². The molecule has 3 rings (SSSR count). The number of fused-ring (bicyclic) bond motifs is 3. The highest BCUT2D eigenvalue weighted by Crippen LogP contribution is 2.25. The van der Waals surface area contributed by atoms with E-state index in [9.17, 15) is 0 Å². The monoisotopic (exact) mass is 200 g/mol. The van der Waals surface area contributed by atoms with Gasteiger partial charge in [-0.1, -0.05) is 12.1 Å². The fourth-order valence-corrected chi connectivity index (χ4v) is 2.50. The minimum Gasteiger partial charge on any atom is -0.343 e. The Morgan fingerprint density at radius 3 is 3.07 bits per heavy atom. The van der Waals surface area contributed by atoms with Gasteiger partial charge in [-0.2, -0.15) is 0 Å². The molecule has 1 aliphatic heterocycles. The van der Waals surface area contributed by atoms with Crippen LogP contribution < -0.4 is 5.73 Å². The molecule has 2 nitrogen and oxygen atoms in total. The van der Waals surface area contributed by atoms with E-state index in [-0.39, 0.29) is 0 Å². The maximum atomic E-state index is 6.02. The van der Waals surface area contributed by atoms with E-state index in [1.807, 2.05) is 0 Å². The summed E-state index contributed by atoms with van der Waals surface area (Å²) in [7, 11) is 0. The Bertz CT molecular complexity index is 510. The Kier molecular flexibility index (Phi) is 1.86. The van der Waals surface area contributed by atoms with Gasteiger partial charge in [0.25, 0.3) is 0 Å². The van der Waals surface area contributed by atoms with Crippen LogP contribution in [0.4, 0.5) is 0 Å². The van der Waals surface area contributed by atoms with Crippen molar-refractivity contribution in [2.45, 2.75) is 32.4 Å². The lowest BCUT2D eigenvalue weighted by molar-refractivity contribution is 0.470. The normalized spacial score (nSPS) is 20.5. The summed E-state index contributed by atoms with van der Waals surface area (Å²) in [4.78, 5) is 0. The zero-order chi connectivity index (χ0) is 10.4. The number of rotatable bonds is 0. The molecule has 1 aromatic carbocycles. The lowest BCUT2D eigenvalue weighted by Gasteiger charge is -2.22. The second-order valence-corrected chi connectivity index (χ2v) is 4.61. The molecule has 2 aromatic rings. The number of aryl methyl sites for hydroxylation is 2. The Balaban J connectivity index is 2.25. The van der Waals surface area contributed by atoms with Gasteiger partial charge in [-0.15, -0.1) is 0 Å². The summed E-state index contributed by atoms with van der Waals surface area (Å²) in [5.74, 6) is 0. The standard InChI is InChI=1S/C13H16N2/c1-9-2-3-10-7-12-5-4-11(14)8-15(12)13(10)6-9/h2-3,6-7,11H,4-5,8,14H2,1H3. The molecule has 2 heterocycles. The molecule has 0 bridgehead atoms. The number of benzene rings is 1. The van der Waals surface area contributed by atoms with Crippen molar-refractivity contribution in [3.8, 4) is 0 Å². The average molecular weight is 200 g/mol. The van der Waals surface area contributed by atoms with Crippen LogP contribution in [0, 0.1) is 6.92 Å². The molecule has 2 heteroatoms. The molecule has 0 saturated carbocycles. The van der Waals surface area contributed by atoms with E-state index in [1.165, 1.54) is 22.2 Å². The summed E-state index contributed by atoms with van der Waals surface area (Å²) in [6.07, 6.45) is 2.24. The highest BCUT2D eigenvalue weighted by molar-refractivity contribution is 5.82. The second kappa shape index (κ2) is 3.11. The molecule has 0 radical (unpaired) electrons. The Morgan fingerprint density at radius 1 is 1.33 bits per heavy atom. The fraction of sp³-hybridized carbons (Fsp3) is 0.385. The van der Waals surface area contributed by atoms with Gasteiger partial charge < -0.3 is 10.3 Å². The topological polar surface area (TPSA) is 30.9 Å². The van der Waals surface area contributed by atoms with Crippen molar-refractivity contribution in [1.29, 1.82) is 0 Å². The SMILES string of the molecule is Cc1ccc2cc3n(c2c1)CC(N)CC3. The molecule has 1 aliphatic rings. The average Bonchev–Trinajstić information content (AvgIpc) is 2.56. The molecule has 0 amide bonds. The van der Waals surface area contributed by atoms with Crippen molar-refractivity contribution < 1.29 is 0 Å². The lowest BCUT2D eigenvalue weighted by Crippen LogP contribution is -2.31. The first-order valence-electron chi connectivity index (χ1n) is 5.58. The van der Waals surface area contributed by atoms with Gasteiger partial charge in [0.15, 0.2) is 0 Å². The largest absolute Gasteiger partial charge is 0.343 e. The summed E-state index contributed by atoms with van der Waals surface area (Å²) in [5, 5.41) is 1.35. The van der Waals surface area contributed by atoms with Crippen LogP contribution in [0.2, 0.25) is 0 Å². The van der Waals surface area contributed by atoms with Gasteiger partial charge in [0.2, 0.25) is 0 Å². The number of aromatic nitrogens is 1. The maximum Gasteiger partial charge on any atom is 0.0485 e. The van der Waals surface area contributed by atoms with Crippen molar-refractivity contribution in [3.63, 3.8) is 0 Å². The van der Waals surface area contributed by atoms with Crippen LogP contribution >= 0.6 is 0 Å². The van der Waals surface area contributed by atoms with Crippen molar-refractivity contribution in [3.05, 3.63) is 35.5 Å². The van der Waals surface area contributed by atoms with Crippen molar-refractivity contribution in [2.75, 3.05) is 0 Å². The fourth-order valence-electron chi connectivity index (χ4n) is 2.50. The molecular weight excluding hydrogens is 184 g/mol. The molecule has 0 saturated heterocycles. The highest BCUT2D eigenvalue weighted by Gasteiger charge is 2.17. The van der Waals surface area contributed by atoms with Crippen LogP contribution in [-0.2, 0) is 13.0 Å². The van der Waals surface area contributed by atoms with Gasteiger partial charge in [-0.05, 0) is 42.8 Å². The van der Waals surface area contributed by atoms with Gasteiger partial charge in [-0.25, -0.2) is 0 Å². The molecule has 78 valence electrons. The van der Waals surface area contributed by atoms with E-state index in [0.29, 0.717) is 6.04 Å². The zero-order valence-electron chi connectivity index (χ0n) is 9.03. The third-order valence-corrected chi connectivity index (χ3v) is 3.33. The molecule has 15 heavy (non-hydrogen) atoms.